The second kappa shape index (κ2) is 4.96. The third-order valence-electron chi connectivity index (χ3n) is 2.92. The number of rotatable bonds is 3. The van der Waals surface area contributed by atoms with Gasteiger partial charge in [0.05, 0.1) is 0 Å². The first-order valence-corrected chi connectivity index (χ1v) is 5.88. The van der Waals surface area contributed by atoms with Gasteiger partial charge in [-0.15, -0.1) is 0 Å². The van der Waals surface area contributed by atoms with Crippen LogP contribution in [-0.4, -0.2) is 4.98 Å². The van der Waals surface area contributed by atoms with E-state index in [1.807, 2.05) is 30.6 Å². The molecule has 0 aliphatic rings. The number of aromatic nitrogens is 1. The lowest BCUT2D eigenvalue weighted by molar-refractivity contribution is 0.859. The van der Waals surface area contributed by atoms with Crippen LogP contribution in [0.3, 0.4) is 0 Å². The molecule has 1 aromatic heterocycles. The Morgan fingerprint density at radius 3 is 2.47 bits per heavy atom. The maximum absolute atomic E-state index is 4.21. The van der Waals surface area contributed by atoms with Gasteiger partial charge in [-0.05, 0) is 28.7 Å². The minimum absolute atomic E-state index is 0.480. The van der Waals surface area contributed by atoms with Crippen molar-refractivity contribution in [2.75, 3.05) is 0 Å². The lowest BCUT2D eigenvalue weighted by atomic mass is 9.92. The van der Waals surface area contributed by atoms with Crippen LogP contribution in [0.5, 0.6) is 0 Å². The molecule has 0 amide bonds. The first kappa shape index (κ1) is 11.6. The highest BCUT2D eigenvalue weighted by molar-refractivity contribution is 5.79. The monoisotopic (exact) mass is 223 g/mol. The summed E-state index contributed by atoms with van der Waals surface area (Å²) in [6, 6.07) is 12.3. The maximum atomic E-state index is 4.21. The van der Waals surface area contributed by atoms with Crippen LogP contribution in [0.1, 0.15) is 36.5 Å². The molecule has 0 aliphatic carbocycles. The first-order chi connectivity index (χ1) is 8.20. The molecule has 2 rings (SSSR count). The van der Waals surface area contributed by atoms with E-state index >= 15 is 0 Å². The largest absolute Gasteiger partial charge is 0.264 e. The molecule has 0 spiro atoms. The van der Waals surface area contributed by atoms with Gasteiger partial charge in [-0.3, -0.25) is 4.98 Å². The molecule has 17 heavy (non-hydrogen) atoms. The SMILES string of the molecule is C=C(c1ccccc1)c1cnccc1C(C)C. The van der Waals surface area contributed by atoms with Crippen molar-refractivity contribution >= 4 is 5.57 Å². The molecule has 1 heteroatoms. The fourth-order valence-corrected chi connectivity index (χ4v) is 1.96. The molecule has 0 unspecified atom stereocenters. The molecular weight excluding hydrogens is 206 g/mol. The Balaban J connectivity index is 2.45. The lowest BCUT2D eigenvalue weighted by Gasteiger charge is -2.14. The van der Waals surface area contributed by atoms with Crippen LogP contribution >= 0.6 is 0 Å². The Morgan fingerprint density at radius 2 is 1.82 bits per heavy atom. The standard InChI is InChI=1S/C16H17N/c1-12(2)15-9-10-17-11-16(15)13(3)14-7-5-4-6-8-14/h4-12H,3H2,1-2H3. The van der Waals surface area contributed by atoms with Gasteiger partial charge in [-0.2, -0.15) is 0 Å². The molecule has 0 N–H and O–H groups in total. The van der Waals surface area contributed by atoms with Crippen molar-refractivity contribution in [3.8, 4) is 0 Å². The molecule has 86 valence electrons. The topological polar surface area (TPSA) is 12.9 Å². The third-order valence-corrected chi connectivity index (χ3v) is 2.92. The maximum Gasteiger partial charge on any atom is 0.0349 e. The second-order valence-corrected chi connectivity index (χ2v) is 4.46. The summed E-state index contributed by atoms with van der Waals surface area (Å²) in [5.41, 5.74) is 4.65. The molecule has 0 aliphatic heterocycles. The van der Waals surface area contributed by atoms with Crippen molar-refractivity contribution in [2.45, 2.75) is 19.8 Å². The van der Waals surface area contributed by atoms with Crippen LogP contribution in [0.2, 0.25) is 0 Å². The normalized spacial score (nSPS) is 10.5. The lowest BCUT2D eigenvalue weighted by Crippen LogP contribution is -1.97. The van der Waals surface area contributed by atoms with E-state index in [4.69, 9.17) is 0 Å². The fraction of sp³-hybridized carbons (Fsp3) is 0.188. The number of nitrogens with zero attached hydrogens (tertiary/aromatic N) is 1. The quantitative estimate of drug-likeness (QED) is 0.757. The summed E-state index contributed by atoms with van der Waals surface area (Å²) in [6.45, 7) is 8.58. The number of benzene rings is 1. The summed E-state index contributed by atoms with van der Waals surface area (Å²) in [5.74, 6) is 0.480. The molecule has 0 atom stereocenters. The summed E-state index contributed by atoms with van der Waals surface area (Å²) in [4.78, 5) is 4.21. The Hall–Kier alpha value is -1.89. The third kappa shape index (κ3) is 2.44. The smallest absolute Gasteiger partial charge is 0.0349 e. The Kier molecular flexibility index (Phi) is 3.38. The van der Waals surface area contributed by atoms with Crippen LogP contribution in [0.25, 0.3) is 5.57 Å². The van der Waals surface area contributed by atoms with Gasteiger partial charge in [0.25, 0.3) is 0 Å². The van der Waals surface area contributed by atoms with Crippen LogP contribution in [0.15, 0.2) is 55.4 Å². The van der Waals surface area contributed by atoms with E-state index in [9.17, 15) is 0 Å². The second-order valence-electron chi connectivity index (χ2n) is 4.46. The van der Waals surface area contributed by atoms with E-state index in [-0.39, 0.29) is 0 Å². The molecule has 0 radical (unpaired) electrons. The van der Waals surface area contributed by atoms with Gasteiger partial charge in [0.1, 0.15) is 0 Å². The zero-order valence-electron chi connectivity index (χ0n) is 10.4. The van der Waals surface area contributed by atoms with Crippen molar-refractivity contribution in [3.05, 3.63) is 72.1 Å². The highest BCUT2D eigenvalue weighted by Crippen LogP contribution is 2.28. The average molecular weight is 223 g/mol. The summed E-state index contributed by atoms with van der Waals surface area (Å²) < 4.78 is 0. The number of hydrogen-bond acceptors (Lipinski definition) is 1. The summed E-state index contributed by atoms with van der Waals surface area (Å²) >= 11 is 0. The molecule has 0 saturated carbocycles. The number of hydrogen-bond donors (Lipinski definition) is 0. The van der Waals surface area contributed by atoms with E-state index < -0.39 is 0 Å². The Labute approximate surface area is 103 Å². The minimum atomic E-state index is 0.480. The van der Waals surface area contributed by atoms with Crippen molar-refractivity contribution < 1.29 is 0 Å². The average Bonchev–Trinajstić information content (AvgIpc) is 2.39. The van der Waals surface area contributed by atoms with E-state index in [0.717, 1.165) is 16.7 Å². The molecule has 2 aromatic rings. The molecule has 1 nitrogen and oxygen atoms in total. The first-order valence-electron chi connectivity index (χ1n) is 5.88. The minimum Gasteiger partial charge on any atom is -0.264 e. The van der Waals surface area contributed by atoms with Gasteiger partial charge in [0.2, 0.25) is 0 Å². The summed E-state index contributed by atoms with van der Waals surface area (Å²) in [5, 5.41) is 0. The zero-order valence-corrected chi connectivity index (χ0v) is 10.4. The van der Waals surface area contributed by atoms with E-state index in [1.165, 1.54) is 5.56 Å². The van der Waals surface area contributed by atoms with Crippen LogP contribution < -0.4 is 0 Å². The van der Waals surface area contributed by atoms with E-state index in [0.29, 0.717) is 5.92 Å². The number of pyridine rings is 1. The summed E-state index contributed by atoms with van der Waals surface area (Å²) in [6.07, 6.45) is 3.75. The fourth-order valence-electron chi connectivity index (χ4n) is 1.96. The van der Waals surface area contributed by atoms with Crippen LogP contribution in [0, 0.1) is 0 Å². The Morgan fingerprint density at radius 1 is 1.12 bits per heavy atom. The van der Waals surface area contributed by atoms with Gasteiger partial charge in [-0.1, -0.05) is 50.8 Å². The van der Waals surface area contributed by atoms with Crippen molar-refractivity contribution in [2.24, 2.45) is 0 Å². The summed E-state index contributed by atoms with van der Waals surface area (Å²) in [7, 11) is 0. The molecule has 1 aromatic carbocycles. The van der Waals surface area contributed by atoms with Gasteiger partial charge >= 0.3 is 0 Å². The molecule has 0 saturated heterocycles. The predicted molar refractivity (Wildman–Crippen MR) is 72.9 cm³/mol. The molecule has 0 bridgehead atoms. The van der Waals surface area contributed by atoms with Crippen LogP contribution in [-0.2, 0) is 0 Å². The van der Waals surface area contributed by atoms with Crippen LogP contribution in [0.4, 0.5) is 0 Å². The highest BCUT2D eigenvalue weighted by Gasteiger charge is 2.10. The van der Waals surface area contributed by atoms with Gasteiger partial charge in [0.15, 0.2) is 0 Å². The van der Waals surface area contributed by atoms with Gasteiger partial charge in [0, 0.05) is 18.0 Å². The van der Waals surface area contributed by atoms with E-state index in [1.54, 1.807) is 0 Å². The zero-order chi connectivity index (χ0) is 12.3. The van der Waals surface area contributed by atoms with Crippen molar-refractivity contribution in [1.29, 1.82) is 0 Å². The van der Waals surface area contributed by atoms with Crippen molar-refractivity contribution in [1.82, 2.24) is 4.98 Å². The molecular formula is C16H17N. The molecule has 0 fully saturated rings. The Bertz CT molecular complexity index is 512. The predicted octanol–water partition coefficient (Wildman–Crippen LogP) is 4.27. The van der Waals surface area contributed by atoms with Gasteiger partial charge < -0.3 is 0 Å². The van der Waals surface area contributed by atoms with E-state index in [2.05, 4.69) is 43.6 Å². The van der Waals surface area contributed by atoms with Gasteiger partial charge in [-0.25, -0.2) is 0 Å². The van der Waals surface area contributed by atoms with Crippen molar-refractivity contribution in [3.63, 3.8) is 0 Å². The molecule has 1 heterocycles. The highest BCUT2D eigenvalue weighted by atomic mass is 14.6.